The Bertz CT molecular complexity index is 165. The molecule has 1 aliphatic carbocycles. The predicted molar refractivity (Wildman–Crippen MR) is 41.9 cm³/mol. The van der Waals surface area contributed by atoms with Gasteiger partial charge >= 0.3 is 0 Å². The van der Waals surface area contributed by atoms with Gasteiger partial charge in [-0.05, 0) is 30.8 Å². The molecule has 11 heavy (non-hydrogen) atoms. The van der Waals surface area contributed by atoms with Gasteiger partial charge in [0.1, 0.15) is 0 Å². The highest BCUT2D eigenvalue weighted by molar-refractivity contribution is 4.98. The van der Waals surface area contributed by atoms with Gasteiger partial charge in [-0.3, -0.25) is 0 Å². The first-order chi connectivity index (χ1) is 5.42. The summed E-state index contributed by atoms with van der Waals surface area (Å²) in [5, 5.41) is 9.03. The SMILES string of the molecule is OCC1CC[C@@H]2C=COC[C@H]12. The number of aliphatic hydroxyl groups excluding tert-OH is 1. The van der Waals surface area contributed by atoms with E-state index in [1.165, 1.54) is 12.8 Å². The Morgan fingerprint density at radius 1 is 1.45 bits per heavy atom. The molecule has 0 spiro atoms. The molecule has 1 unspecified atom stereocenters. The van der Waals surface area contributed by atoms with Gasteiger partial charge in [-0.25, -0.2) is 0 Å². The normalized spacial score (nSPS) is 41.7. The summed E-state index contributed by atoms with van der Waals surface area (Å²) in [5.41, 5.74) is 0. The molecule has 0 radical (unpaired) electrons. The van der Waals surface area contributed by atoms with Gasteiger partial charge < -0.3 is 9.84 Å². The largest absolute Gasteiger partial charge is 0.501 e. The Labute approximate surface area is 66.9 Å². The van der Waals surface area contributed by atoms with Crippen molar-refractivity contribution in [2.24, 2.45) is 17.8 Å². The molecule has 1 aliphatic heterocycles. The second-order valence-corrected chi connectivity index (χ2v) is 3.51. The molecule has 0 saturated heterocycles. The standard InChI is InChI=1S/C9H14O2/c10-5-8-2-1-7-3-4-11-6-9(7)8/h3-4,7-10H,1-2,5-6H2/t7-,8?,9+/m1/s1. The number of hydrogen-bond donors (Lipinski definition) is 1. The van der Waals surface area contributed by atoms with E-state index < -0.39 is 0 Å². The monoisotopic (exact) mass is 154 g/mol. The van der Waals surface area contributed by atoms with Crippen LogP contribution < -0.4 is 0 Å². The van der Waals surface area contributed by atoms with Crippen LogP contribution in [0.1, 0.15) is 12.8 Å². The van der Waals surface area contributed by atoms with E-state index in [2.05, 4.69) is 6.08 Å². The molecular formula is C9H14O2. The lowest BCUT2D eigenvalue weighted by atomic mass is 9.90. The molecule has 0 bridgehead atoms. The van der Waals surface area contributed by atoms with Crippen molar-refractivity contribution < 1.29 is 9.84 Å². The highest BCUT2D eigenvalue weighted by atomic mass is 16.5. The Kier molecular flexibility index (Phi) is 1.86. The zero-order valence-corrected chi connectivity index (χ0v) is 6.57. The summed E-state index contributed by atoms with van der Waals surface area (Å²) < 4.78 is 5.22. The topological polar surface area (TPSA) is 29.5 Å². The van der Waals surface area contributed by atoms with Gasteiger partial charge in [-0.2, -0.15) is 0 Å². The van der Waals surface area contributed by atoms with Crippen LogP contribution in [0.3, 0.4) is 0 Å². The van der Waals surface area contributed by atoms with Gasteiger partial charge in [0.25, 0.3) is 0 Å². The van der Waals surface area contributed by atoms with E-state index in [1.807, 2.05) is 0 Å². The minimum absolute atomic E-state index is 0.332. The number of ether oxygens (including phenoxy) is 1. The summed E-state index contributed by atoms with van der Waals surface area (Å²) in [6.07, 6.45) is 6.35. The molecule has 0 aromatic carbocycles. The van der Waals surface area contributed by atoms with Crippen molar-refractivity contribution in [2.45, 2.75) is 12.8 Å². The number of aliphatic hydroxyl groups is 1. The molecule has 2 nitrogen and oxygen atoms in total. The number of rotatable bonds is 1. The summed E-state index contributed by atoms with van der Waals surface area (Å²) in [7, 11) is 0. The highest BCUT2D eigenvalue weighted by Gasteiger charge is 2.35. The van der Waals surface area contributed by atoms with Crippen molar-refractivity contribution in [1.29, 1.82) is 0 Å². The Morgan fingerprint density at radius 3 is 3.18 bits per heavy atom. The average molecular weight is 154 g/mol. The molecule has 2 aliphatic rings. The van der Waals surface area contributed by atoms with Crippen LogP contribution in [0.2, 0.25) is 0 Å². The molecule has 1 heterocycles. The smallest absolute Gasteiger partial charge is 0.0910 e. The second kappa shape index (κ2) is 2.86. The van der Waals surface area contributed by atoms with Gasteiger partial charge in [0.15, 0.2) is 0 Å². The molecule has 0 aromatic rings. The van der Waals surface area contributed by atoms with E-state index in [0.717, 1.165) is 6.61 Å². The lowest BCUT2D eigenvalue weighted by Crippen LogP contribution is -2.23. The molecule has 1 N–H and O–H groups in total. The third-order valence-corrected chi connectivity index (χ3v) is 2.97. The first-order valence-electron chi connectivity index (χ1n) is 4.31. The van der Waals surface area contributed by atoms with Gasteiger partial charge in [-0.1, -0.05) is 0 Å². The van der Waals surface area contributed by atoms with Crippen LogP contribution in [0.4, 0.5) is 0 Å². The predicted octanol–water partition coefficient (Wildman–Crippen LogP) is 1.17. The fourth-order valence-electron chi connectivity index (χ4n) is 2.23. The lowest BCUT2D eigenvalue weighted by molar-refractivity contribution is 0.101. The van der Waals surface area contributed by atoms with Crippen molar-refractivity contribution >= 4 is 0 Å². The van der Waals surface area contributed by atoms with Crippen LogP contribution in [0.5, 0.6) is 0 Å². The Morgan fingerprint density at radius 2 is 2.36 bits per heavy atom. The minimum atomic E-state index is 0.332. The summed E-state index contributed by atoms with van der Waals surface area (Å²) in [6, 6.07) is 0. The van der Waals surface area contributed by atoms with Crippen molar-refractivity contribution in [3.05, 3.63) is 12.3 Å². The quantitative estimate of drug-likeness (QED) is 0.614. The molecular weight excluding hydrogens is 140 g/mol. The van der Waals surface area contributed by atoms with Crippen LogP contribution in [-0.4, -0.2) is 18.3 Å². The zero-order valence-electron chi connectivity index (χ0n) is 6.57. The lowest BCUT2D eigenvalue weighted by Gasteiger charge is -2.24. The van der Waals surface area contributed by atoms with Crippen LogP contribution in [-0.2, 0) is 4.74 Å². The minimum Gasteiger partial charge on any atom is -0.501 e. The van der Waals surface area contributed by atoms with Crippen LogP contribution in [0.25, 0.3) is 0 Å². The van der Waals surface area contributed by atoms with Crippen LogP contribution >= 0.6 is 0 Å². The second-order valence-electron chi connectivity index (χ2n) is 3.51. The third-order valence-electron chi connectivity index (χ3n) is 2.97. The van der Waals surface area contributed by atoms with E-state index in [9.17, 15) is 0 Å². The van der Waals surface area contributed by atoms with Crippen molar-refractivity contribution in [3.63, 3.8) is 0 Å². The summed E-state index contributed by atoms with van der Waals surface area (Å²) in [5.74, 6) is 1.76. The molecule has 0 amide bonds. The van der Waals surface area contributed by atoms with Gasteiger partial charge in [0, 0.05) is 12.5 Å². The van der Waals surface area contributed by atoms with Crippen LogP contribution in [0.15, 0.2) is 12.3 Å². The first kappa shape index (κ1) is 7.17. The molecule has 62 valence electrons. The summed E-state index contributed by atoms with van der Waals surface area (Å²) >= 11 is 0. The van der Waals surface area contributed by atoms with E-state index >= 15 is 0 Å². The summed E-state index contributed by atoms with van der Waals surface area (Å²) in [6.45, 7) is 1.14. The fraction of sp³-hybridized carbons (Fsp3) is 0.778. The number of fused-ring (bicyclic) bond motifs is 1. The Balaban J connectivity index is 2.07. The van der Waals surface area contributed by atoms with E-state index in [4.69, 9.17) is 9.84 Å². The molecule has 3 atom stereocenters. The van der Waals surface area contributed by atoms with Crippen molar-refractivity contribution in [1.82, 2.24) is 0 Å². The van der Waals surface area contributed by atoms with Gasteiger partial charge in [0.05, 0.1) is 12.9 Å². The van der Waals surface area contributed by atoms with Gasteiger partial charge in [0.2, 0.25) is 0 Å². The molecule has 1 saturated carbocycles. The molecule has 2 heteroatoms. The molecule has 2 rings (SSSR count). The maximum absolute atomic E-state index is 9.03. The van der Waals surface area contributed by atoms with Crippen LogP contribution in [0, 0.1) is 17.8 Å². The zero-order chi connectivity index (χ0) is 7.68. The maximum atomic E-state index is 9.03. The van der Waals surface area contributed by atoms with Crippen molar-refractivity contribution in [2.75, 3.05) is 13.2 Å². The Hall–Kier alpha value is -0.500. The molecule has 1 fully saturated rings. The van der Waals surface area contributed by atoms with Gasteiger partial charge in [-0.15, -0.1) is 0 Å². The third kappa shape index (κ3) is 1.16. The van der Waals surface area contributed by atoms with E-state index in [1.54, 1.807) is 6.26 Å². The average Bonchev–Trinajstić information content (AvgIpc) is 2.47. The maximum Gasteiger partial charge on any atom is 0.0910 e. The molecule has 0 aromatic heterocycles. The fourth-order valence-corrected chi connectivity index (χ4v) is 2.23. The number of hydrogen-bond acceptors (Lipinski definition) is 2. The van der Waals surface area contributed by atoms with E-state index in [-0.39, 0.29) is 0 Å². The number of allylic oxidation sites excluding steroid dienone is 1. The summed E-state index contributed by atoms with van der Waals surface area (Å²) in [4.78, 5) is 0. The van der Waals surface area contributed by atoms with E-state index in [0.29, 0.717) is 24.4 Å². The first-order valence-corrected chi connectivity index (χ1v) is 4.31. The van der Waals surface area contributed by atoms with Crippen molar-refractivity contribution in [3.8, 4) is 0 Å². The highest BCUT2D eigenvalue weighted by Crippen LogP contribution is 2.39.